The van der Waals surface area contributed by atoms with Crippen molar-refractivity contribution < 1.29 is 14.3 Å². The van der Waals surface area contributed by atoms with Crippen LogP contribution in [0.25, 0.3) is 0 Å². The third kappa shape index (κ3) is 3.12. The van der Waals surface area contributed by atoms with Gasteiger partial charge in [0, 0.05) is 19.6 Å². The summed E-state index contributed by atoms with van der Waals surface area (Å²) in [5.74, 6) is 0.0787. The number of hydrogen-bond donors (Lipinski definition) is 2. The van der Waals surface area contributed by atoms with Gasteiger partial charge in [-0.1, -0.05) is 5.16 Å². The predicted molar refractivity (Wildman–Crippen MR) is 50.2 cm³/mol. The fraction of sp³-hybridized carbons (Fsp3) is 0.875. The molecule has 1 fully saturated rings. The maximum Gasteiger partial charge on any atom is 0.169 e. The van der Waals surface area contributed by atoms with Crippen LogP contribution in [0.5, 0.6) is 0 Å². The zero-order valence-corrected chi connectivity index (χ0v) is 8.03. The van der Waals surface area contributed by atoms with Crippen LogP contribution in [0.3, 0.4) is 0 Å². The molecule has 5 nitrogen and oxygen atoms in total. The lowest BCUT2D eigenvalue weighted by molar-refractivity contribution is 0.00382. The molecule has 0 aromatic carbocycles. The monoisotopic (exact) mass is 205 g/mol. The second kappa shape index (κ2) is 5.77. The third-order valence-corrected chi connectivity index (χ3v) is 2.20. The molecule has 0 bridgehead atoms. The highest BCUT2D eigenvalue weighted by atomic mass is 19.1. The molecule has 82 valence electrons. The average Bonchev–Trinajstić information content (AvgIpc) is 2.25. The molecule has 0 aliphatic carbocycles. The van der Waals surface area contributed by atoms with Gasteiger partial charge in [-0.05, 0) is 6.42 Å². The van der Waals surface area contributed by atoms with Gasteiger partial charge in [0.15, 0.2) is 5.84 Å². The quantitative estimate of drug-likeness (QED) is 0.288. The highest BCUT2D eigenvalue weighted by Gasteiger charge is 2.23. The third-order valence-electron chi connectivity index (χ3n) is 2.20. The molecule has 0 aromatic heterocycles. The van der Waals surface area contributed by atoms with Crippen molar-refractivity contribution in [1.29, 1.82) is 0 Å². The number of rotatable bonds is 4. The van der Waals surface area contributed by atoms with Gasteiger partial charge in [0.1, 0.15) is 6.10 Å². The number of oxime groups is 1. The number of morpholine rings is 1. The van der Waals surface area contributed by atoms with E-state index in [0.717, 1.165) is 6.54 Å². The Kier molecular flexibility index (Phi) is 4.61. The molecule has 6 heteroatoms. The lowest BCUT2D eigenvalue weighted by atomic mass is 10.2. The topological polar surface area (TPSA) is 71.1 Å². The summed E-state index contributed by atoms with van der Waals surface area (Å²) < 4.78 is 17.2. The van der Waals surface area contributed by atoms with Crippen molar-refractivity contribution >= 4 is 5.84 Å². The van der Waals surface area contributed by atoms with Gasteiger partial charge in [-0.25, -0.2) is 0 Å². The van der Waals surface area contributed by atoms with Crippen molar-refractivity contribution in [3.63, 3.8) is 0 Å². The van der Waals surface area contributed by atoms with E-state index in [0.29, 0.717) is 26.1 Å². The fourth-order valence-electron chi connectivity index (χ4n) is 1.43. The summed E-state index contributed by atoms with van der Waals surface area (Å²) in [5, 5.41) is 11.3. The summed E-state index contributed by atoms with van der Waals surface area (Å²) in [4.78, 5) is 2.05. The predicted octanol–water partition coefficient (Wildman–Crippen LogP) is -0.207. The number of halogens is 1. The number of alkyl halides is 1. The Bertz CT molecular complexity index is 201. The summed E-state index contributed by atoms with van der Waals surface area (Å²) in [6.45, 7) is 2.25. The van der Waals surface area contributed by atoms with E-state index in [1.165, 1.54) is 0 Å². The van der Waals surface area contributed by atoms with Gasteiger partial charge in [-0.2, -0.15) is 0 Å². The highest BCUT2D eigenvalue weighted by Crippen LogP contribution is 2.05. The Balaban J connectivity index is 2.35. The van der Waals surface area contributed by atoms with E-state index in [1.54, 1.807) is 0 Å². The molecule has 1 atom stereocenters. The molecule has 1 heterocycles. The van der Waals surface area contributed by atoms with E-state index in [1.807, 2.05) is 4.90 Å². The van der Waals surface area contributed by atoms with Gasteiger partial charge < -0.3 is 15.7 Å². The molecular weight excluding hydrogens is 189 g/mol. The lowest BCUT2D eigenvalue weighted by Crippen LogP contribution is -2.48. The second-order valence-electron chi connectivity index (χ2n) is 3.23. The first kappa shape index (κ1) is 11.2. The highest BCUT2D eigenvalue weighted by molar-refractivity contribution is 5.84. The van der Waals surface area contributed by atoms with Crippen molar-refractivity contribution in [2.75, 3.05) is 32.9 Å². The van der Waals surface area contributed by atoms with Gasteiger partial charge in [0.25, 0.3) is 0 Å². The minimum Gasteiger partial charge on any atom is -0.409 e. The van der Waals surface area contributed by atoms with Crippen LogP contribution in [0.15, 0.2) is 5.16 Å². The minimum absolute atomic E-state index is 0.0787. The van der Waals surface area contributed by atoms with Gasteiger partial charge in [0.2, 0.25) is 0 Å². The van der Waals surface area contributed by atoms with Crippen LogP contribution in [0.2, 0.25) is 0 Å². The zero-order valence-electron chi connectivity index (χ0n) is 8.03. The molecular formula is C8H16FN3O2. The van der Waals surface area contributed by atoms with E-state index in [-0.39, 0.29) is 18.6 Å². The molecule has 0 radical (unpaired) electrons. The summed E-state index contributed by atoms with van der Waals surface area (Å²) >= 11 is 0. The van der Waals surface area contributed by atoms with Gasteiger partial charge >= 0.3 is 0 Å². The molecule has 1 aliphatic heterocycles. The zero-order chi connectivity index (χ0) is 10.4. The van der Waals surface area contributed by atoms with E-state index in [9.17, 15) is 4.39 Å². The molecule has 0 spiro atoms. The van der Waals surface area contributed by atoms with Crippen molar-refractivity contribution in [3.8, 4) is 0 Å². The summed E-state index contributed by atoms with van der Waals surface area (Å²) in [6, 6.07) is 0. The van der Waals surface area contributed by atoms with E-state index in [4.69, 9.17) is 15.7 Å². The number of ether oxygens (including phenoxy) is 1. The SMILES string of the molecule is NC(=NO)C1CN(CCCF)CCO1. The first-order valence-corrected chi connectivity index (χ1v) is 4.65. The summed E-state index contributed by atoms with van der Waals surface area (Å²) in [7, 11) is 0. The van der Waals surface area contributed by atoms with Crippen LogP contribution in [0.1, 0.15) is 6.42 Å². The van der Waals surface area contributed by atoms with Crippen LogP contribution in [-0.2, 0) is 4.74 Å². The van der Waals surface area contributed by atoms with Crippen LogP contribution < -0.4 is 5.73 Å². The maximum atomic E-state index is 11.9. The average molecular weight is 205 g/mol. The Morgan fingerprint density at radius 3 is 3.14 bits per heavy atom. The van der Waals surface area contributed by atoms with Crippen molar-refractivity contribution in [3.05, 3.63) is 0 Å². The maximum absolute atomic E-state index is 11.9. The first-order chi connectivity index (χ1) is 6.77. The van der Waals surface area contributed by atoms with E-state index >= 15 is 0 Å². The smallest absolute Gasteiger partial charge is 0.169 e. The Morgan fingerprint density at radius 2 is 2.50 bits per heavy atom. The molecule has 1 aliphatic rings. The van der Waals surface area contributed by atoms with Crippen LogP contribution in [-0.4, -0.2) is 55.0 Å². The van der Waals surface area contributed by atoms with E-state index in [2.05, 4.69) is 5.16 Å². The van der Waals surface area contributed by atoms with Crippen LogP contribution >= 0.6 is 0 Å². The molecule has 1 unspecified atom stereocenters. The van der Waals surface area contributed by atoms with Crippen molar-refractivity contribution in [1.82, 2.24) is 4.90 Å². The number of nitrogens with two attached hydrogens (primary N) is 1. The number of amidine groups is 1. The molecule has 0 amide bonds. The fourth-order valence-corrected chi connectivity index (χ4v) is 1.43. The van der Waals surface area contributed by atoms with Gasteiger partial charge in [0.05, 0.1) is 13.3 Å². The summed E-state index contributed by atoms with van der Waals surface area (Å²) in [6.07, 6.45) is 0.150. The molecule has 1 rings (SSSR count). The van der Waals surface area contributed by atoms with Crippen LogP contribution in [0, 0.1) is 0 Å². The van der Waals surface area contributed by atoms with Crippen molar-refractivity contribution in [2.24, 2.45) is 10.9 Å². The van der Waals surface area contributed by atoms with Crippen LogP contribution in [0.4, 0.5) is 4.39 Å². The minimum atomic E-state index is -0.367. The molecule has 3 N–H and O–H groups in total. The molecule has 0 aromatic rings. The second-order valence-corrected chi connectivity index (χ2v) is 3.23. The molecule has 1 saturated heterocycles. The Morgan fingerprint density at radius 1 is 1.71 bits per heavy atom. The Labute approximate surface area is 82.3 Å². The standard InChI is InChI=1S/C8H16FN3O2/c9-2-1-3-12-4-5-14-7(6-12)8(10)11-13/h7,13H,1-6H2,(H2,10,11). The number of hydrogen-bond acceptors (Lipinski definition) is 4. The van der Waals surface area contributed by atoms with E-state index < -0.39 is 0 Å². The molecule has 0 saturated carbocycles. The van der Waals surface area contributed by atoms with Gasteiger partial charge in [-0.3, -0.25) is 9.29 Å². The largest absolute Gasteiger partial charge is 0.409 e. The summed E-state index contributed by atoms with van der Waals surface area (Å²) in [5.41, 5.74) is 5.41. The number of nitrogens with zero attached hydrogens (tertiary/aromatic N) is 2. The lowest BCUT2D eigenvalue weighted by Gasteiger charge is -2.31. The van der Waals surface area contributed by atoms with Gasteiger partial charge in [-0.15, -0.1) is 0 Å². The van der Waals surface area contributed by atoms with Crippen molar-refractivity contribution in [2.45, 2.75) is 12.5 Å². The Hall–Kier alpha value is -0.880. The normalized spacial score (nSPS) is 25.2. The first-order valence-electron chi connectivity index (χ1n) is 4.65. The molecule has 14 heavy (non-hydrogen) atoms.